The monoisotopic (exact) mass is 273 g/mol. The molecule has 1 aliphatic carbocycles. The molecule has 4 nitrogen and oxygen atoms in total. The molecule has 0 radical (unpaired) electrons. The SMILES string of the molecule is O=C(CNc1cc(C(F)(F)F)ccn1)NCC1CC1. The molecule has 1 fully saturated rings. The Hall–Kier alpha value is -1.79. The number of carbonyl (C=O) groups is 1. The number of aromatic nitrogens is 1. The number of rotatable bonds is 5. The summed E-state index contributed by atoms with van der Waals surface area (Å²) in [6, 6.07) is 1.77. The van der Waals surface area contributed by atoms with Gasteiger partial charge in [0.15, 0.2) is 0 Å². The first-order valence-electron chi connectivity index (χ1n) is 5.99. The van der Waals surface area contributed by atoms with E-state index in [4.69, 9.17) is 0 Å². The standard InChI is InChI=1S/C12H14F3N3O/c13-12(14,15)9-3-4-16-10(5-9)17-7-11(19)18-6-8-1-2-8/h3-5,8H,1-2,6-7H2,(H,16,17)(H,18,19). The van der Waals surface area contributed by atoms with Gasteiger partial charge in [-0.1, -0.05) is 0 Å². The average Bonchev–Trinajstić information content (AvgIpc) is 3.17. The summed E-state index contributed by atoms with van der Waals surface area (Å²) in [6.45, 7) is 0.553. The second kappa shape index (κ2) is 5.46. The van der Waals surface area contributed by atoms with Crippen LogP contribution in [0.25, 0.3) is 0 Å². The summed E-state index contributed by atoms with van der Waals surface area (Å²) in [5, 5.41) is 5.29. The molecule has 7 heteroatoms. The van der Waals surface area contributed by atoms with E-state index >= 15 is 0 Å². The fourth-order valence-electron chi connectivity index (χ4n) is 1.52. The molecule has 1 heterocycles. The van der Waals surface area contributed by atoms with Crippen LogP contribution >= 0.6 is 0 Å². The number of carbonyl (C=O) groups excluding carboxylic acids is 1. The van der Waals surface area contributed by atoms with E-state index in [1.165, 1.54) is 0 Å². The molecule has 0 atom stereocenters. The van der Waals surface area contributed by atoms with Crippen molar-refractivity contribution in [2.75, 3.05) is 18.4 Å². The maximum absolute atomic E-state index is 12.4. The summed E-state index contributed by atoms with van der Waals surface area (Å²) >= 11 is 0. The van der Waals surface area contributed by atoms with Gasteiger partial charge >= 0.3 is 6.18 Å². The molecule has 0 unspecified atom stereocenters. The number of nitrogens with one attached hydrogen (secondary N) is 2. The first-order chi connectivity index (χ1) is 8.95. The summed E-state index contributed by atoms with van der Waals surface area (Å²) < 4.78 is 37.3. The van der Waals surface area contributed by atoms with Gasteiger partial charge in [-0.2, -0.15) is 13.2 Å². The Morgan fingerprint density at radius 3 is 2.79 bits per heavy atom. The van der Waals surface area contributed by atoms with Gasteiger partial charge in [0.1, 0.15) is 5.82 Å². The lowest BCUT2D eigenvalue weighted by Crippen LogP contribution is -2.31. The van der Waals surface area contributed by atoms with Crippen LogP contribution in [0.15, 0.2) is 18.3 Å². The molecule has 0 saturated heterocycles. The van der Waals surface area contributed by atoms with Crippen molar-refractivity contribution in [2.24, 2.45) is 5.92 Å². The van der Waals surface area contributed by atoms with Gasteiger partial charge in [-0.3, -0.25) is 4.79 Å². The molecule has 1 aromatic rings. The first-order valence-corrected chi connectivity index (χ1v) is 5.99. The quantitative estimate of drug-likeness (QED) is 0.863. The number of nitrogens with zero attached hydrogens (tertiary/aromatic N) is 1. The van der Waals surface area contributed by atoms with E-state index in [2.05, 4.69) is 15.6 Å². The number of anilines is 1. The molecular weight excluding hydrogens is 259 g/mol. The highest BCUT2D eigenvalue weighted by Crippen LogP contribution is 2.29. The lowest BCUT2D eigenvalue weighted by Gasteiger charge is -2.09. The van der Waals surface area contributed by atoms with Crippen LogP contribution in [-0.4, -0.2) is 24.0 Å². The third-order valence-electron chi connectivity index (χ3n) is 2.80. The van der Waals surface area contributed by atoms with Crippen molar-refractivity contribution in [3.8, 4) is 0 Å². The number of amides is 1. The zero-order valence-electron chi connectivity index (χ0n) is 10.1. The van der Waals surface area contributed by atoms with Crippen LogP contribution in [0, 0.1) is 5.92 Å². The zero-order valence-corrected chi connectivity index (χ0v) is 10.1. The van der Waals surface area contributed by atoms with Gasteiger partial charge in [-0.05, 0) is 30.9 Å². The van der Waals surface area contributed by atoms with E-state index in [1.54, 1.807) is 0 Å². The van der Waals surface area contributed by atoms with Gasteiger partial charge in [0.2, 0.25) is 5.91 Å². The van der Waals surface area contributed by atoms with Crippen LogP contribution in [-0.2, 0) is 11.0 Å². The second-order valence-electron chi connectivity index (χ2n) is 4.53. The number of hydrogen-bond acceptors (Lipinski definition) is 3. The Balaban J connectivity index is 1.83. The lowest BCUT2D eigenvalue weighted by atomic mass is 10.2. The van der Waals surface area contributed by atoms with Gasteiger partial charge in [0, 0.05) is 12.7 Å². The van der Waals surface area contributed by atoms with Crippen LogP contribution in [0.5, 0.6) is 0 Å². The zero-order chi connectivity index (χ0) is 13.9. The van der Waals surface area contributed by atoms with E-state index in [0.29, 0.717) is 12.5 Å². The van der Waals surface area contributed by atoms with E-state index in [9.17, 15) is 18.0 Å². The van der Waals surface area contributed by atoms with Crippen LogP contribution in [0.3, 0.4) is 0 Å². The maximum atomic E-state index is 12.4. The number of pyridine rings is 1. The molecule has 1 aliphatic rings. The number of hydrogen-bond donors (Lipinski definition) is 2. The minimum atomic E-state index is -4.41. The van der Waals surface area contributed by atoms with Crippen molar-refractivity contribution in [2.45, 2.75) is 19.0 Å². The molecule has 1 amide bonds. The Kier molecular flexibility index (Phi) is 3.92. The molecule has 1 aromatic heterocycles. The van der Waals surface area contributed by atoms with E-state index < -0.39 is 11.7 Å². The van der Waals surface area contributed by atoms with Crippen LogP contribution in [0.2, 0.25) is 0 Å². The third-order valence-corrected chi connectivity index (χ3v) is 2.80. The Morgan fingerprint density at radius 2 is 2.16 bits per heavy atom. The predicted octanol–water partition coefficient (Wildman–Crippen LogP) is 2.04. The molecular formula is C12H14F3N3O. The lowest BCUT2D eigenvalue weighted by molar-refractivity contribution is -0.137. The molecule has 0 bridgehead atoms. The Bertz CT molecular complexity index is 458. The molecule has 104 valence electrons. The maximum Gasteiger partial charge on any atom is 0.416 e. The molecule has 0 spiro atoms. The Morgan fingerprint density at radius 1 is 1.42 bits per heavy atom. The smallest absolute Gasteiger partial charge is 0.361 e. The minimum absolute atomic E-state index is 0.0383. The van der Waals surface area contributed by atoms with Crippen LogP contribution < -0.4 is 10.6 Å². The highest BCUT2D eigenvalue weighted by atomic mass is 19.4. The summed E-state index contributed by atoms with van der Waals surface area (Å²) in [7, 11) is 0. The second-order valence-corrected chi connectivity index (χ2v) is 4.53. The van der Waals surface area contributed by atoms with Crippen LogP contribution in [0.4, 0.5) is 19.0 Å². The van der Waals surface area contributed by atoms with Crippen molar-refractivity contribution in [1.29, 1.82) is 0 Å². The average molecular weight is 273 g/mol. The molecule has 2 N–H and O–H groups in total. The molecule has 0 aliphatic heterocycles. The van der Waals surface area contributed by atoms with Crippen LogP contribution in [0.1, 0.15) is 18.4 Å². The predicted molar refractivity (Wildman–Crippen MR) is 63.5 cm³/mol. The fourth-order valence-corrected chi connectivity index (χ4v) is 1.52. The van der Waals surface area contributed by atoms with E-state index in [1.807, 2.05) is 0 Å². The van der Waals surface area contributed by atoms with Crippen molar-refractivity contribution in [1.82, 2.24) is 10.3 Å². The molecule has 19 heavy (non-hydrogen) atoms. The van der Waals surface area contributed by atoms with Gasteiger partial charge in [-0.15, -0.1) is 0 Å². The highest BCUT2D eigenvalue weighted by Gasteiger charge is 2.30. The first kappa shape index (κ1) is 13.6. The Labute approximate surface area is 108 Å². The van der Waals surface area contributed by atoms with E-state index in [0.717, 1.165) is 31.2 Å². The summed E-state index contributed by atoms with van der Waals surface area (Å²) in [4.78, 5) is 15.1. The van der Waals surface area contributed by atoms with Gasteiger partial charge in [0.05, 0.1) is 12.1 Å². The van der Waals surface area contributed by atoms with Crippen molar-refractivity contribution in [3.63, 3.8) is 0 Å². The summed E-state index contributed by atoms with van der Waals surface area (Å²) in [5.74, 6) is 0.359. The van der Waals surface area contributed by atoms with E-state index in [-0.39, 0.29) is 18.3 Å². The largest absolute Gasteiger partial charge is 0.416 e. The third kappa shape index (κ3) is 4.42. The topological polar surface area (TPSA) is 54.0 Å². The van der Waals surface area contributed by atoms with Gasteiger partial charge < -0.3 is 10.6 Å². The van der Waals surface area contributed by atoms with Crippen molar-refractivity contribution >= 4 is 11.7 Å². The molecule has 0 aromatic carbocycles. The number of halogens is 3. The van der Waals surface area contributed by atoms with Gasteiger partial charge in [-0.25, -0.2) is 4.98 Å². The molecule has 2 rings (SSSR count). The molecule has 1 saturated carbocycles. The summed E-state index contributed by atoms with van der Waals surface area (Å²) in [5.41, 5.74) is -0.789. The highest BCUT2D eigenvalue weighted by molar-refractivity contribution is 5.80. The normalized spacial score (nSPS) is 15.1. The van der Waals surface area contributed by atoms with Crippen molar-refractivity contribution in [3.05, 3.63) is 23.9 Å². The van der Waals surface area contributed by atoms with Gasteiger partial charge in [0.25, 0.3) is 0 Å². The minimum Gasteiger partial charge on any atom is -0.361 e. The fraction of sp³-hybridized carbons (Fsp3) is 0.500. The number of alkyl halides is 3. The van der Waals surface area contributed by atoms with Crippen molar-refractivity contribution < 1.29 is 18.0 Å². The summed E-state index contributed by atoms with van der Waals surface area (Å²) in [6.07, 6.45) is -1.09.